The van der Waals surface area contributed by atoms with Crippen LogP contribution in [0.2, 0.25) is 0 Å². The predicted molar refractivity (Wildman–Crippen MR) is 71.9 cm³/mol. The van der Waals surface area contributed by atoms with Crippen molar-refractivity contribution < 1.29 is 13.5 Å². The Balaban J connectivity index is 2.27. The van der Waals surface area contributed by atoms with Crippen LogP contribution < -0.4 is 15.8 Å². The largest absolute Gasteiger partial charge is 0.433 e. The van der Waals surface area contributed by atoms with Crippen LogP contribution in [-0.4, -0.2) is 6.61 Å². The third-order valence-electron chi connectivity index (χ3n) is 2.62. The number of nitrogen functional groups attached to an aromatic ring is 1. The van der Waals surface area contributed by atoms with Crippen LogP contribution in [0.1, 0.15) is 5.56 Å². The lowest BCUT2D eigenvalue weighted by atomic mass is 10.1. The number of rotatable bonds is 4. The van der Waals surface area contributed by atoms with E-state index < -0.39 is 6.61 Å². The molecule has 0 spiro atoms. The number of hydrogen-bond acceptors (Lipinski definition) is 3. The smallest absolute Gasteiger partial charge is 0.387 e. The van der Waals surface area contributed by atoms with Crippen LogP contribution in [0, 0.1) is 6.92 Å². The molecule has 2 rings (SSSR count). The van der Waals surface area contributed by atoms with E-state index in [9.17, 15) is 8.78 Å². The predicted octanol–water partition coefficient (Wildman–Crippen LogP) is 3.92. The maximum atomic E-state index is 12.3. The van der Waals surface area contributed by atoms with Gasteiger partial charge < -0.3 is 15.8 Å². The minimum absolute atomic E-state index is 0.105. The van der Waals surface area contributed by atoms with Gasteiger partial charge in [-0.15, -0.1) is 0 Å². The van der Waals surface area contributed by atoms with E-state index in [1.807, 2.05) is 6.92 Å². The van der Waals surface area contributed by atoms with Gasteiger partial charge in [0.15, 0.2) is 0 Å². The van der Waals surface area contributed by atoms with E-state index in [1.54, 1.807) is 36.4 Å². The standard InChI is InChI=1S/C14H14F2N2O/c1-9-8-10(17)6-7-11(9)18-12-4-2-3-5-13(12)19-14(15)16/h2-8,14,18H,17H2,1H3. The fraction of sp³-hybridized carbons (Fsp3) is 0.143. The van der Waals surface area contributed by atoms with Crippen LogP contribution in [0.25, 0.3) is 0 Å². The molecule has 0 bridgehead atoms. The van der Waals surface area contributed by atoms with Gasteiger partial charge in [0.2, 0.25) is 0 Å². The maximum absolute atomic E-state index is 12.3. The third-order valence-corrected chi connectivity index (χ3v) is 2.62. The molecule has 2 aromatic rings. The zero-order valence-electron chi connectivity index (χ0n) is 10.4. The summed E-state index contributed by atoms with van der Waals surface area (Å²) in [6, 6.07) is 11.9. The van der Waals surface area contributed by atoms with Crippen LogP contribution in [0.15, 0.2) is 42.5 Å². The number of aryl methyl sites for hydroxylation is 1. The summed E-state index contributed by atoms with van der Waals surface area (Å²) in [4.78, 5) is 0. The highest BCUT2D eigenvalue weighted by molar-refractivity contribution is 5.69. The van der Waals surface area contributed by atoms with Crippen molar-refractivity contribution >= 4 is 17.1 Å². The highest BCUT2D eigenvalue weighted by Gasteiger charge is 2.09. The number of ether oxygens (including phenoxy) is 1. The topological polar surface area (TPSA) is 47.3 Å². The Kier molecular flexibility index (Phi) is 3.85. The van der Waals surface area contributed by atoms with Crippen LogP contribution in [0.5, 0.6) is 5.75 Å². The molecule has 5 heteroatoms. The normalized spacial score (nSPS) is 10.5. The second-order valence-electron chi connectivity index (χ2n) is 4.07. The highest BCUT2D eigenvalue weighted by atomic mass is 19.3. The summed E-state index contributed by atoms with van der Waals surface area (Å²) in [5, 5.41) is 3.06. The number of nitrogens with two attached hydrogens (primary N) is 1. The monoisotopic (exact) mass is 264 g/mol. The number of alkyl halides is 2. The van der Waals surface area contributed by atoms with Gasteiger partial charge in [-0.3, -0.25) is 0 Å². The lowest BCUT2D eigenvalue weighted by molar-refractivity contribution is -0.0493. The molecular formula is C14H14F2N2O. The number of halogens is 2. The Morgan fingerprint density at radius 3 is 2.53 bits per heavy atom. The lowest BCUT2D eigenvalue weighted by Crippen LogP contribution is -2.04. The maximum Gasteiger partial charge on any atom is 0.387 e. The molecule has 3 nitrogen and oxygen atoms in total. The van der Waals surface area contributed by atoms with E-state index >= 15 is 0 Å². The van der Waals surface area contributed by atoms with Crippen molar-refractivity contribution in [2.75, 3.05) is 11.1 Å². The second kappa shape index (κ2) is 5.56. The van der Waals surface area contributed by atoms with Gasteiger partial charge in [0.25, 0.3) is 0 Å². The second-order valence-corrected chi connectivity index (χ2v) is 4.07. The first-order chi connectivity index (χ1) is 9.06. The zero-order valence-corrected chi connectivity index (χ0v) is 10.4. The first kappa shape index (κ1) is 13.1. The van der Waals surface area contributed by atoms with Crippen molar-refractivity contribution in [3.05, 3.63) is 48.0 Å². The van der Waals surface area contributed by atoms with Gasteiger partial charge in [0.1, 0.15) is 5.75 Å². The van der Waals surface area contributed by atoms with E-state index in [1.165, 1.54) is 6.07 Å². The summed E-state index contributed by atoms with van der Waals surface area (Å²) < 4.78 is 29.1. The molecule has 0 saturated carbocycles. The first-order valence-electron chi connectivity index (χ1n) is 5.73. The molecule has 100 valence electrons. The van der Waals surface area contributed by atoms with Crippen LogP contribution >= 0.6 is 0 Å². The quantitative estimate of drug-likeness (QED) is 0.823. The van der Waals surface area contributed by atoms with Crippen molar-refractivity contribution in [1.29, 1.82) is 0 Å². The van der Waals surface area contributed by atoms with Crippen LogP contribution in [-0.2, 0) is 0 Å². The van der Waals surface area contributed by atoms with Gasteiger partial charge in [-0.05, 0) is 42.8 Å². The van der Waals surface area contributed by atoms with Gasteiger partial charge in [-0.25, -0.2) is 0 Å². The summed E-state index contributed by atoms with van der Waals surface area (Å²) in [5.41, 5.74) is 8.51. The Hall–Kier alpha value is -2.30. The van der Waals surface area contributed by atoms with Gasteiger partial charge in [0.05, 0.1) is 5.69 Å². The van der Waals surface area contributed by atoms with Gasteiger partial charge in [-0.2, -0.15) is 8.78 Å². The SMILES string of the molecule is Cc1cc(N)ccc1Nc1ccccc1OC(F)F. The molecule has 0 aliphatic rings. The number of para-hydroxylation sites is 2. The van der Waals surface area contributed by atoms with E-state index in [-0.39, 0.29) is 5.75 Å². The lowest BCUT2D eigenvalue weighted by Gasteiger charge is -2.14. The molecule has 0 unspecified atom stereocenters. The van der Waals surface area contributed by atoms with Crippen LogP contribution in [0.3, 0.4) is 0 Å². The van der Waals surface area contributed by atoms with E-state index in [0.717, 1.165) is 11.3 Å². The average Bonchev–Trinajstić information content (AvgIpc) is 2.34. The molecule has 0 atom stereocenters. The molecule has 0 aliphatic heterocycles. The summed E-state index contributed by atoms with van der Waals surface area (Å²) >= 11 is 0. The van der Waals surface area contributed by atoms with Gasteiger partial charge in [0, 0.05) is 11.4 Å². The van der Waals surface area contributed by atoms with Crippen molar-refractivity contribution in [1.82, 2.24) is 0 Å². The molecular weight excluding hydrogens is 250 g/mol. The van der Waals surface area contributed by atoms with Crippen LogP contribution in [0.4, 0.5) is 25.8 Å². The number of anilines is 3. The molecule has 0 radical (unpaired) electrons. The Morgan fingerprint density at radius 1 is 1.11 bits per heavy atom. The Bertz CT molecular complexity index is 573. The summed E-state index contributed by atoms with van der Waals surface area (Å²) in [7, 11) is 0. The van der Waals surface area contributed by atoms with Gasteiger partial charge >= 0.3 is 6.61 Å². The number of nitrogens with one attached hydrogen (secondary N) is 1. The molecule has 19 heavy (non-hydrogen) atoms. The molecule has 0 aliphatic carbocycles. The first-order valence-corrected chi connectivity index (χ1v) is 5.73. The molecule has 0 saturated heterocycles. The number of hydrogen-bond donors (Lipinski definition) is 2. The molecule has 2 aromatic carbocycles. The van der Waals surface area contributed by atoms with E-state index in [2.05, 4.69) is 10.1 Å². The Morgan fingerprint density at radius 2 is 1.84 bits per heavy atom. The van der Waals surface area contributed by atoms with Gasteiger partial charge in [-0.1, -0.05) is 12.1 Å². The van der Waals surface area contributed by atoms with Crippen molar-refractivity contribution in [3.8, 4) is 5.75 Å². The number of benzene rings is 2. The zero-order chi connectivity index (χ0) is 13.8. The molecule has 0 aromatic heterocycles. The fourth-order valence-corrected chi connectivity index (χ4v) is 1.74. The minimum atomic E-state index is -2.85. The van der Waals surface area contributed by atoms with Crippen molar-refractivity contribution in [2.24, 2.45) is 0 Å². The third kappa shape index (κ3) is 3.34. The van der Waals surface area contributed by atoms with Crippen molar-refractivity contribution in [3.63, 3.8) is 0 Å². The Labute approximate surface area is 110 Å². The van der Waals surface area contributed by atoms with E-state index in [0.29, 0.717) is 11.4 Å². The molecule has 0 fully saturated rings. The summed E-state index contributed by atoms with van der Waals surface area (Å²) in [6.07, 6.45) is 0. The van der Waals surface area contributed by atoms with E-state index in [4.69, 9.17) is 5.73 Å². The molecule has 0 amide bonds. The summed E-state index contributed by atoms with van der Waals surface area (Å²) in [5.74, 6) is 0.105. The van der Waals surface area contributed by atoms with Crippen molar-refractivity contribution in [2.45, 2.75) is 13.5 Å². The fourth-order valence-electron chi connectivity index (χ4n) is 1.74. The average molecular weight is 264 g/mol. The minimum Gasteiger partial charge on any atom is -0.433 e. The summed E-state index contributed by atoms with van der Waals surface area (Å²) in [6.45, 7) is -0.967. The molecule has 3 N–H and O–H groups in total. The molecule has 0 heterocycles. The highest BCUT2D eigenvalue weighted by Crippen LogP contribution is 2.30.